The molecule has 0 fully saturated rings. The number of nitrogens with zero attached hydrogens (tertiary/aromatic N) is 1. The molecule has 0 saturated heterocycles. The van der Waals surface area contributed by atoms with Crippen molar-refractivity contribution < 1.29 is 9.18 Å². The van der Waals surface area contributed by atoms with Gasteiger partial charge in [0.25, 0.3) is 0 Å². The van der Waals surface area contributed by atoms with Gasteiger partial charge in [-0.3, -0.25) is 4.79 Å². The molecule has 0 aliphatic rings. The van der Waals surface area contributed by atoms with Crippen LogP contribution in [0.1, 0.15) is 5.56 Å². The van der Waals surface area contributed by atoms with E-state index in [1.54, 1.807) is 37.4 Å². The Kier molecular flexibility index (Phi) is 4.17. The molecule has 98 valence electrons. The van der Waals surface area contributed by atoms with Crippen LogP contribution in [0.2, 0.25) is 5.02 Å². The fourth-order valence-electron chi connectivity index (χ4n) is 1.85. The molecule has 2 rings (SSSR count). The molecule has 0 N–H and O–H groups in total. The third-order valence-corrected chi connectivity index (χ3v) is 3.05. The van der Waals surface area contributed by atoms with E-state index in [4.69, 9.17) is 11.6 Å². The Labute approximate surface area is 116 Å². The van der Waals surface area contributed by atoms with Gasteiger partial charge < -0.3 is 4.90 Å². The summed E-state index contributed by atoms with van der Waals surface area (Å²) < 4.78 is 14.1. The highest BCUT2D eigenvalue weighted by molar-refractivity contribution is 6.30. The molecule has 2 nitrogen and oxygen atoms in total. The number of benzene rings is 2. The Morgan fingerprint density at radius 3 is 2.47 bits per heavy atom. The van der Waals surface area contributed by atoms with Gasteiger partial charge in [0.15, 0.2) is 0 Å². The van der Waals surface area contributed by atoms with Crippen LogP contribution in [0.25, 0.3) is 11.1 Å². The van der Waals surface area contributed by atoms with Crippen molar-refractivity contribution in [3.8, 4) is 11.1 Å². The molecule has 0 aliphatic heterocycles. The zero-order valence-electron chi connectivity index (χ0n) is 10.4. The van der Waals surface area contributed by atoms with Crippen molar-refractivity contribution >= 4 is 18.0 Å². The van der Waals surface area contributed by atoms with Gasteiger partial charge in [0, 0.05) is 24.2 Å². The molecule has 2 aromatic carbocycles. The molecular weight excluding hydrogens is 265 g/mol. The summed E-state index contributed by atoms with van der Waals surface area (Å²) in [5, 5.41) is 0.619. The SMILES string of the molecule is CN(C=O)Cc1ccc(-c2ccc(Cl)cc2)c(F)c1. The number of carbonyl (C=O) groups is 1. The molecule has 0 saturated carbocycles. The minimum absolute atomic E-state index is 0.306. The summed E-state index contributed by atoms with van der Waals surface area (Å²) in [5.74, 6) is -0.306. The predicted octanol–water partition coefficient (Wildman–Crippen LogP) is 3.73. The first-order valence-corrected chi connectivity index (χ1v) is 6.18. The van der Waals surface area contributed by atoms with Crippen LogP contribution in [0.4, 0.5) is 4.39 Å². The van der Waals surface area contributed by atoms with Gasteiger partial charge >= 0.3 is 0 Å². The first-order valence-electron chi connectivity index (χ1n) is 5.80. The summed E-state index contributed by atoms with van der Waals surface area (Å²) in [7, 11) is 1.65. The second kappa shape index (κ2) is 5.85. The maximum absolute atomic E-state index is 14.1. The quantitative estimate of drug-likeness (QED) is 0.780. The molecule has 4 heteroatoms. The summed E-state index contributed by atoms with van der Waals surface area (Å²) in [6, 6.07) is 12.0. The lowest BCUT2D eigenvalue weighted by molar-refractivity contribution is -0.117. The smallest absolute Gasteiger partial charge is 0.209 e. The van der Waals surface area contributed by atoms with Crippen LogP contribution in [-0.2, 0) is 11.3 Å². The van der Waals surface area contributed by atoms with Crippen molar-refractivity contribution in [2.24, 2.45) is 0 Å². The molecule has 19 heavy (non-hydrogen) atoms. The number of carbonyl (C=O) groups excluding carboxylic acids is 1. The van der Waals surface area contributed by atoms with Crippen molar-refractivity contribution in [3.63, 3.8) is 0 Å². The molecule has 0 heterocycles. The Morgan fingerprint density at radius 2 is 1.89 bits per heavy atom. The van der Waals surface area contributed by atoms with Gasteiger partial charge in [-0.2, -0.15) is 0 Å². The van der Waals surface area contributed by atoms with E-state index in [0.717, 1.165) is 11.1 Å². The molecule has 0 atom stereocenters. The predicted molar refractivity (Wildman–Crippen MR) is 74.4 cm³/mol. The fraction of sp³-hybridized carbons (Fsp3) is 0.133. The van der Waals surface area contributed by atoms with Crippen LogP contribution in [0.5, 0.6) is 0 Å². The summed E-state index contributed by atoms with van der Waals surface area (Å²) in [5.41, 5.74) is 2.05. The lowest BCUT2D eigenvalue weighted by Gasteiger charge is -2.11. The van der Waals surface area contributed by atoms with Crippen molar-refractivity contribution in [1.29, 1.82) is 0 Å². The van der Waals surface area contributed by atoms with Gasteiger partial charge in [-0.15, -0.1) is 0 Å². The van der Waals surface area contributed by atoms with Crippen molar-refractivity contribution in [1.82, 2.24) is 4.90 Å². The molecule has 0 radical (unpaired) electrons. The van der Waals surface area contributed by atoms with E-state index in [9.17, 15) is 9.18 Å². The van der Waals surface area contributed by atoms with Gasteiger partial charge in [-0.25, -0.2) is 4.39 Å². The molecule has 0 unspecified atom stereocenters. The van der Waals surface area contributed by atoms with Gasteiger partial charge in [-0.05, 0) is 29.3 Å². The van der Waals surface area contributed by atoms with E-state index in [2.05, 4.69) is 0 Å². The molecule has 0 aliphatic carbocycles. The highest BCUT2D eigenvalue weighted by Crippen LogP contribution is 2.25. The van der Waals surface area contributed by atoms with Crippen molar-refractivity contribution in [2.75, 3.05) is 7.05 Å². The van der Waals surface area contributed by atoms with E-state index in [1.165, 1.54) is 11.0 Å². The lowest BCUT2D eigenvalue weighted by Crippen LogP contribution is -2.14. The number of hydrogen-bond donors (Lipinski definition) is 0. The Bertz CT molecular complexity index is 583. The highest BCUT2D eigenvalue weighted by Gasteiger charge is 2.07. The molecule has 0 spiro atoms. The van der Waals surface area contributed by atoms with E-state index in [1.807, 2.05) is 6.07 Å². The molecule has 0 bridgehead atoms. The number of hydrogen-bond acceptors (Lipinski definition) is 1. The topological polar surface area (TPSA) is 20.3 Å². The third-order valence-electron chi connectivity index (χ3n) is 2.80. The average molecular weight is 278 g/mol. The van der Waals surface area contributed by atoms with Crippen LogP contribution in [0.15, 0.2) is 42.5 Å². The van der Waals surface area contributed by atoms with Gasteiger partial charge in [0.2, 0.25) is 6.41 Å². The lowest BCUT2D eigenvalue weighted by atomic mass is 10.0. The maximum atomic E-state index is 14.1. The largest absolute Gasteiger partial charge is 0.344 e. The van der Waals surface area contributed by atoms with Crippen molar-refractivity contribution in [2.45, 2.75) is 6.54 Å². The number of halogens is 2. The Morgan fingerprint density at radius 1 is 1.21 bits per heavy atom. The summed E-state index contributed by atoms with van der Waals surface area (Å²) in [6.45, 7) is 0.390. The maximum Gasteiger partial charge on any atom is 0.209 e. The standard InChI is InChI=1S/C15H13ClFNO/c1-18(10-19)9-11-2-7-14(15(17)8-11)12-3-5-13(16)6-4-12/h2-8,10H,9H2,1H3. The van der Waals surface area contributed by atoms with Crippen LogP contribution in [0, 0.1) is 5.82 Å². The fourth-order valence-corrected chi connectivity index (χ4v) is 1.97. The Balaban J connectivity index is 2.28. The average Bonchev–Trinajstić information content (AvgIpc) is 2.40. The Hall–Kier alpha value is -1.87. The first kappa shape index (κ1) is 13.6. The minimum atomic E-state index is -0.306. The normalized spacial score (nSPS) is 10.3. The molecule has 0 aromatic heterocycles. The zero-order chi connectivity index (χ0) is 13.8. The second-order valence-electron chi connectivity index (χ2n) is 4.34. The van der Waals surface area contributed by atoms with Crippen LogP contribution in [-0.4, -0.2) is 18.4 Å². The zero-order valence-corrected chi connectivity index (χ0v) is 11.2. The van der Waals surface area contributed by atoms with E-state index in [0.29, 0.717) is 23.5 Å². The summed E-state index contributed by atoms with van der Waals surface area (Å²) in [4.78, 5) is 12.0. The third kappa shape index (κ3) is 3.32. The molecule has 2 aromatic rings. The monoisotopic (exact) mass is 277 g/mol. The highest BCUT2D eigenvalue weighted by atomic mass is 35.5. The first-order chi connectivity index (χ1) is 9.10. The summed E-state index contributed by atoms with van der Waals surface area (Å²) in [6.07, 6.45) is 0.713. The van der Waals surface area contributed by atoms with Crippen LogP contribution in [0.3, 0.4) is 0 Å². The second-order valence-corrected chi connectivity index (χ2v) is 4.78. The van der Waals surface area contributed by atoms with Gasteiger partial charge in [0.1, 0.15) is 5.82 Å². The van der Waals surface area contributed by atoms with E-state index < -0.39 is 0 Å². The van der Waals surface area contributed by atoms with Crippen molar-refractivity contribution in [3.05, 3.63) is 58.9 Å². The number of rotatable bonds is 4. The molecule has 1 amide bonds. The van der Waals surface area contributed by atoms with E-state index in [-0.39, 0.29) is 5.82 Å². The van der Waals surface area contributed by atoms with Crippen LogP contribution < -0.4 is 0 Å². The van der Waals surface area contributed by atoms with Crippen LogP contribution >= 0.6 is 11.6 Å². The summed E-state index contributed by atoms with van der Waals surface area (Å²) >= 11 is 5.81. The molecular formula is C15H13ClFNO. The van der Waals surface area contributed by atoms with Gasteiger partial charge in [0.05, 0.1) is 0 Å². The number of amides is 1. The van der Waals surface area contributed by atoms with Gasteiger partial charge in [-0.1, -0.05) is 35.9 Å². The minimum Gasteiger partial charge on any atom is -0.344 e. The van der Waals surface area contributed by atoms with E-state index >= 15 is 0 Å².